The van der Waals surface area contributed by atoms with E-state index in [-0.39, 0.29) is 30.8 Å². The molecule has 0 aliphatic carbocycles. The van der Waals surface area contributed by atoms with Gasteiger partial charge in [-0.3, -0.25) is 9.59 Å². The number of hydrogen-bond donors (Lipinski definition) is 1. The Labute approximate surface area is 137 Å². The first-order valence-corrected chi connectivity index (χ1v) is 7.49. The van der Waals surface area contributed by atoms with Gasteiger partial charge in [0.1, 0.15) is 0 Å². The van der Waals surface area contributed by atoms with E-state index in [9.17, 15) is 9.59 Å². The molecule has 1 aromatic carbocycles. The Kier molecular flexibility index (Phi) is 7.38. The SMILES string of the molecule is COC(=O)CCC(C)NC(=O)Cc1ccc(OC)c(OC)c1C. The number of carbonyl (C=O) groups is 2. The predicted octanol–water partition coefficient (Wildman–Crippen LogP) is 2.01. The van der Waals surface area contributed by atoms with E-state index in [2.05, 4.69) is 10.1 Å². The van der Waals surface area contributed by atoms with Crippen LogP contribution in [0.5, 0.6) is 11.5 Å². The van der Waals surface area contributed by atoms with Gasteiger partial charge in [0.25, 0.3) is 0 Å². The van der Waals surface area contributed by atoms with Gasteiger partial charge in [0, 0.05) is 12.5 Å². The number of ether oxygens (including phenoxy) is 3. The lowest BCUT2D eigenvalue weighted by Crippen LogP contribution is -2.34. The van der Waals surface area contributed by atoms with E-state index in [4.69, 9.17) is 9.47 Å². The number of esters is 1. The molecule has 0 saturated carbocycles. The van der Waals surface area contributed by atoms with Gasteiger partial charge < -0.3 is 19.5 Å². The van der Waals surface area contributed by atoms with Crippen molar-refractivity contribution in [2.75, 3.05) is 21.3 Å². The first-order chi connectivity index (χ1) is 10.9. The number of carbonyl (C=O) groups excluding carboxylic acids is 2. The van der Waals surface area contributed by atoms with Gasteiger partial charge in [-0.05, 0) is 37.5 Å². The standard InChI is InChI=1S/C17H25NO5/c1-11(6-9-16(20)22-4)18-15(19)10-13-7-8-14(21-3)17(23-5)12(13)2/h7-8,11H,6,9-10H2,1-5H3,(H,18,19). The van der Waals surface area contributed by atoms with Gasteiger partial charge in [-0.25, -0.2) is 0 Å². The fraction of sp³-hybridized carbons (Fsp3) is 0.529. The van der Waals surface area contributed by atoms with Crippen LogP contribution < -0.4 is 14.8 Å². The van der Waals surface area contributed by atoms with Gasteiger partial charge in [-0.2, -0.15) is 0 Å². The van der Waals surface area contributed by atoms with Gasteiger partial charge in [0.15, 0.2) is 11.5 Å². The molecule has 1 aromatic rings. The number of rotatable bonds is 8. The molecule has 0 saturated heterocycles. The van der Waals surface area contributed by atoms with Crippen molar-refractivity contribution in [1.82, 2.24) is 5.32 Å². The highest BCUT2D eigenvalue weighted by molar-refractivity contribution is 5.79. The zero-order valence-electron chi connectivity index (χ0n) is 14.4. The smallest absolute Gasteiger partial charge is 0.305 e. The van der Waals surface area contributed by atoms with Crippen molar-refractivity contribution in [2.24, 2.45) is 0 Å². The molecule has 1 N–H and O–H groups in total. The van der Waals surface area contributed by atoms with E-state index in [1.54, 1.807) is 20.3 Å². The van der Waals surface area contributed by atoms with Crippen LogP contribution in [0, 0.1) is 6.92 Å². The zero-order valence-corrected chi connectivity index (χ0v) is 14.4. The lowest BCUT2D eigenvalue weighted by Gasteiger charge is -2.16. The van der Waals surface area contributed by atoms with Gasteiger partial charge in [0.05, 0.1) is 27.8 Å². The minimum absolute atomic E-state index is 0.0953. The molecule has 6 nitrogen and oxygen atoms in total. The Balaban J connectivity index is 2.65. The summed E-state index contributed by atoms with van der Waals surface area (Å²) in [6.07, 6.45) is 1.07. The summed E-state index contributed by atoms with van der Waals surface area (Å²) in [4.78, 5) is 23.3. The minimum atomic E-state index is -0.276. The lowest BCUT2D eigenvalue weighted by molar-refractivity contribution is -0.141. The van der Waals surface area contributed by atoms with Crippen molar-refractivity contribution < 1.29 is 23.8 Å². The Hall–Kier alpha value is -2.24. The molecule has 6 heteroatoms. The Bertz CT molecular complexity index is 556. The van der Waals surface area contributed by atoms with Crippen molar-refractivity contribution >= 4 is 11.9 Å². The highest BCUT2D eigenvalue weighted by atomic mass is 16.5. The van der Waals surface area contributed by atoms with Crippen LogP contribution in [0.3, 0.4) is 0 Å². The second-order valence-electron chi connectivity index (χ2n) is 5.35. The molecule has 0 radical (unpaired) electrons. The van der Waals surface area contributed by atoms with Crippen molar-refractivity contribution in [3.63, 3.8) is 0 Å². The largest absolute Gasteiger partial charge is 0.493 e. The maximum absolute atomic E-state index is 12.1. The number of benzene rings is 1. The molecule has 0 spiro atoms. The van der Waals surface area contributed by atoms with E-state index in [0.29, 0.717) is 17.9 Å². The highest BCUT2D eigenvalue weighted by Crippen LogP contribution is 2.32. The fourth-order valence-electron chi connectivity index (χ4n) is 2.32. The third kappa shape index (κ3) is 5.47. The van der Waals surface area contributed by atoms with Crippen molar-refractivity contribution in [2.45, 2.75) is 39.2 Å². The normalized spacial score (nSPS) is 11.5. The van der Waals surface area contributed by atoms with E-state index in [1.165, 1.54) is 7.11 Å². The first kappa shape index (κ1) is 18.8. The summed E-state index contributed by atoms with van der Waals surface area (Å²) in [6, 6.07) is 3.55. The molecule has 23 heavy (non-hydrogen) atoms. The quantitative estimate of drug-likeness (QED) is 0.741. The molecule has 1 rings (SSSR count). The summed E-state index contributed by atoms with van der Waals surface area (Å²) in [5.74, 6) is 0.900. The monoisotopic (exact) mass is 323 g/mol. The summed E-state index contributed by atoms with van der Waals surface area (Å²) in [6.45, 7) is 3.76. The Morgan fingerprint density at radius 2 is 1.87 bits per heavy atom. The summed E-state index contributed by atoms with van der Waals surface area (Å²) >= 11 is 0. The maximum atomic E-state index is 12.1. The fourth-order valence-corrected chi connectivity index (χ4v) is 2.32. The molecular formula is C17H25NO5. The van der Waals surface area contributed by atoms with Crippen LogP contribution in [0.4, 0.5) is 0 Å². The van der Waals surface area contributed by atoms with E-state index < -0.39 is 0 Å². The zero-order chi connectivity index (χ0) is 17.4. The summed E-state index contributed by atoms with van der Waals surface area (Å²) in [7, 11) is 4.50. The van der Waals surface area contributed by atoms with E-state index >= 15 is 0 Å². The van der Waals surface area contributed by atoms with Crippen LogP contribution in [0.2, 0.25) is 0 Å². The van der Waals surface area contributed by atoms with Crippen LogP contribution in [-0.2, 0) is 20.7 Å². The second kappa shape index (κ2) is 9.02. The molecule has 0 heterocycles. The lowest BCUT2D eigenvalue weighted by atomic mass is 10.0. The second-order valence-corrected chi connectivity index (χ2v) is 5.35. The van der Waals surface area contributed by atoms with Crippen LogP contribution >= 0.6 is 0 Å². The number of amides is 1. The van der Waals surface area contributed by atoms with Gasteiger partial charge in [0.2, 0.25) is 5.91 Å². The summed E-state index contributed by atoms with van der Waals surface area (Å²) in [5, 5.41) is 2.88. The molecule has 0 aromatic heterocycles. The Morgan fingerprint density at radius 1 is 1.17 bits per heavy atom. The van der Waals surface area contributed by atoms with Crippen LogP contribution in [0.15, 0.2) is 12.1 Å². The van der Waals surface area contributed by atoms with E-state index in [1.807, 2.05) is 19.9 Å². The topological polar surface area (TPSA) is 73.9 Å². The maximum Gasteiger partial charge on any atom is 0.305 e. The molecule has 0 aliphatic rings. The molecular weight excluding hydrogens is 298 g/mol. The van der Waals surface area contributed by atoms with E-state index in [0.717, 1.165) is 11.1 Å². The van der Waals surface area contributed by atoms with Crippen LogP contribution in [-0.4, -0.2) is 39.2 Å². The summed E-state index contributed by atoms with van der Waals surface area (Å²) in [5.41, 5.74) is 1.75. The van der Waals surface area contributed by atoms with Crippen molar-refractivity contribution in [3.8, 4) is 11.5 Å². The van der Waals surface area contributed by atoms with Crippen LogP contribution in [0.1, 0.15) is 30.9 Å². The van der Waals surface area contributed by atoms with Crippen molar-refractivity contribution in [3.05, 3.63) is 23.3 Å². The molecule has 1 amide bonds. The molecule has 1 atom stereocenters. The molecule has 0 bridgehead atoms. The van der Waals surface area contributed by atoms with Crippen LogP contribution in [0.25, 0.3) is 0 Å². The summed E-state index contributed by atoms with van der Waals surface area (Å²) < 4.78 is 15.2. The molecule has 128 valence electrons. The number of methoxy groups -OCH3 is 3. The molecule has 0 fully saturated rings. The highest BCUT2D eigenvalue weighted by Gasteiger charge is 2.15. The third-order valence-corrected chi connectivity index (χ3v) is 3.67. The van der Waals surface area contributed by atoms with Gasteiger partial charge >= 0.3 is 5.97 Å². The third-order valence-electron chi connectivity index (χ3n) is 3.67. The van der Waals surface area contributed by atoms with Gasteiger partial charge in [-0.15, -0.1) is 0 Å². The predicted molar refractivity (Wildman–Crippen MR) is 86.8 cm³/mol. The average molecular weight is 323 g/mol. The number of nitrogens with one attached hydrogen (secondary N) is 1. The molecule has 0 aliphatic heterocycles. The number of hydrogen-bond acceptors (Lipinski definition) is 5. The molecule has 1 unspecified atom stereocenters. The Morgan fingerprint density at radius 3 is 2.43 bits per heavy atom. The van der Waals surface area contributed by atoms with Crippen molar-refractivity contribution in [1.29, 1.82) is 0 Å². The average Bonchev–Trinajstić information content (AvgIpc) is 2.54. The minimum Gasteiger partial charge on any atom is -0.493 e. The first-order valence-electron chi connectivity index (χ1n) is 7.49. The van der Waals surface area contributed by atoms with Gasteiger partial charge in [-0.1, -0.05) is 6.07 Å².